The molecular formula is C21H16N2O3. The molecule has 128 valence electrons. The molecule has 0 radical (unpaired) electrons. The molecule has 3 aromatic rings. The molecule has 1 aliphatic rings. The van der Waals surface area contributed by atoms with Gasteiger partial charge in [-0.1, -0.05) is 42.5 Å². The molecule has 3 aromatic carbocycles. The monoisotopic (exact) mass is 344 g/mol. The van der Waals surface area contributed by atoms with E-state index in [0.717, 1.165) is 16.3 Å². The Morgan fingerprint density at radius 2 is 1.77 bits per heavy atom. The highest BCUT2D eigenvalue weighted by atomic mass is 16.5. The summed E-state index contributed by atoms with van der Waals surface area (Å²) >= 11 is 0. The number of hydrogen-bond donors (Lipinski definition) is 1. The van der Waals surface area contributed by atoms with Crippen molar-refractivity contribution in [1.29, 1.82) is 0 Å². The Hall–Kier alpha value is -3.47. The van der Waals surface area contributed by atoms with Crippen LogP contribution in [0.5, 0.6) is 5.75 Å². The van der Waals surface area contributed by atoms with E-state index in [4.69, 9.17) is 4.74 Å². The Morgan fingerprint density at radius 1 is 0.962 bits per heavy atom. The van der Waals surface area contributed by atoms with Crippen LogP contribution < -0.4 is 0 Å². The summed E-state index contributed by atoms with van der Waals surface area (Å²) in [4.78, 5) is 11.5. The lowest BCUT2D eigenvalue weighted by Crippen LogP contribution is -1.94. The molecule has 0 spiro atoms. The lowest BCUT2D eigenvalue weighted by Gasteiger charge is -2.03. The van der Waals surface area contributed by atoms with Crippen LogP contribution in [0.3, 0.4) is 0 Å². The van der Waals surface area contributed by atoms with E-state index in [1.807, 2.05) is 60.7 Å². The highest BCUT2D eigenvalue weighted by Gasteiger charge is 2.18. The number of azo groups is 1. The van der Waals surface area contributed by atoms with Gasteiger partial charge in [0.25, 0.3) is 0 Å². The number of nitrogens with zero attached hydrogens (tertiary/aromatic N) is 2. The fourth-order valence-corrected chi connectivity index (χ4v) is 2.87. The Kier molecular flexibility index (Phi) is 4.19. The fraction of sp³-hybridized carbons (Fsp3) is 0.0952. The zero-order valence-corrected chi connectivity index (χ0v) is 13.9. The van der Waals surface area contributed by atoms with E-state index >= 15 is 0 Å². The van der Waals surface area contributed by atoms with Gasteiger partial charge in [0.2, 0.25) is 0 Å². The summed E-state index contributed by atoms with van der Waals surface area (Å²) in [7, 11) is 0. The van der Waals surface area contributed by atoms with Gasteiger partial charge in [-0.15, -0.1) is 5.11 Å². The Balaban J connectivity index is 1.60. The summed E-state index contributed by atoms with van der Waals surface area (Å²) in [5.74, 6) is -0.159. The van der Waals surface area contributed by atoms with E-state index in [9.17, 15) is 9.90 Å². The van der Waals surface area contributed by atoms with E-state index in [0.29, 0.717) is 30.0 Å². The second-order valence-corrected chi connectivity index (χ2v) is 6.00. The minimum Gasteiger partial charge on any atom is -0.506 e. The van der Waals surface area contributed by atoms with Crippen LogP contribution in [0.15, 0.2) is 76.5 Å². The third-order valence-electron chi connectivity index (χ3n) is 4.25. The van der Waals surface area contributed by atoms with Crippen LogP contribution >= 0.6 is 0 Å². The van der Waals surface area contributed by atoms with Crippen LogP contribution in [0, 0.1) is 0 Å². The first-order valence-electron chi connectivity index (χ1n) is 8.31. The maximum Gasteiger partial charge on any atom is 0.334 e. The molecule has 0 aromatic heterocycles. The Morgan fingerprint density at radius 3 is 2.54 bits per heavy atom. The van der Waals surface area contributed by atoms with Gasteiger partial charge in [0, 0.05) is 17.4 Å². The number of aromatic hydroxyl groups is 1. The third-order valence-corrected chi connectivity index (χ3v) is 4.25. The molecule has 0 amide bonds. The van der Waals surface area contributed by atoms with Gasteiger partial charge in [0.15, 0.2) is 0 Å². The maximum absolute atomic E-state index is 11.5. The molecule has 1 heterocycles. The van der Waals surface area contributed by atoms with Crippen molar-refractivity contribution in [1.82, 2.24) is 0 Å². The Bertz CT molecular complexity index is 1040. The predicted molar refractivity (Wildman–Crippen MR) is 99.8 cm³/mol. The lowest BCUT2D eigenvalue weighted by molar-refractivity contribution is -0.134. The van der Waals surface area contributed by atoms with Gasteiger partial charge >= 0.3 is 5.97 Å². The average Bonchev–Trinajstić information content (AvgIpc) is 3.07. The van der Waals surface area contributed by atoms with Crippen LogP contribution in [-0.4, -0.2) is 17.7 Å². The molecule has 5 nitrogen and oxygen atoms in total. The molecule has 0 aliphatic carbocycles. The summed E-state index contributed by atoms with van der Waals surface area (Å²) in [5, 5.41) is 20.4. The van der Waals surface area contributed by atoms with Crippen molar-refractivity contribution in [3.05, 3.63) is 71.8 Å². The smallest absolute Gasteiger partial charge is 0.334 e. The number of esters is 1. The van der Waals surface area contributed by atoms with Gasteiger partial charge in [0.05, 0.1) is 12.3 Å². The summed E-state index contributed by atoms with van der Waals surface area (Å²) in [6.45, 7) is 0.450. The quantitative estimate of drug-likeness (QED) is 0.398. The van der Waals surface area contributed by atoms with Crippen molar-refractivity contribution < 1.29 is 14.6 Å². The number of hydrogen-bond acceptors (Lipinski definition) is 5. The number of benzene rings is 3. The number of rotatable bonds is 3. The first-order chi connectivity index (χ1) is 12.7. The Labute approximate surface area is 150 Å². The van der Waals surface area contributed by atoms with Crippen molar-refractivity contribution in [2.75, 3.05) is 6.61 Å². The molecule has 0 saturated carbocycles. The molecule has 1 saturated heterocycles. The number of phenols is 1. The summed E-state index contributed by atoms with van der Waals surface area (Å²) in [6.07, 6.45) is 2.47. The molecule has 1 fully saturated rings. The van der Waals surface area contributed by atoms with Gasteiger partial charge in [-0.2, -0.15) is 5.11 Å². The molecule has 1 aliphatic heterocycles. The second kappa shape index (κ2) is 6.80. The second-order valence-electron chi connectivity index (χ2n) is 6.00. The van der Waals surface area contributed by atoms with E-state index in [1.165, 1.54) is 0 Å². The van der Waals surface area contributed by atoms with Crippen molar-refractivity contribution in [3.8, 4) is 5.75 Å². The lowest BCUT2D eigenvalue weighted by atomic mass is 10.1. The molecule has 5 heteroatoms. The van der Waals surface area contributed by atoms with Crippen molar-refractivity contribution >= 4 is 34.2 Å². The zero-order valence-electron chi connectivity index (χ0n) is 13.9. The van der Waals surface area contributed by atoms with Crippen molar-refractivity contribution in [2.24, 2.45) is 10.2 Å². The molecule has 1 N–H and O–H groups in total. The van der Waals surface area contributed by atoms with Crippen LogP contribution in [-0.2, 0) is 9.53 Å². The van der Waals surface area contributed by atoms with Gasteiger partial charge in [-0.05, 0) is 35.2 Å². The number of fused-ring (bicyclic) bond motifs is 1. The largest absolute Gasteiger partial charge is 0.506 e. The predicted octanol–water partition coefficient (Wildman–Crippen LogP) is 5.29. The molecule has 0 atom stereocenters. The van der Waals surface area contributed by atoms with E-state index in [-0.39, 0.29) is 11.7 Å². The zero-order chi connectivity index (χ0) is 17.9. The number of carbonyl (C=O) groups is 1. The molecule has 4 rings (SSSR count). The minimum absolute atomic E-state index is 0.0912. The van der Waals surface area contributed by atoms with Crippen LogP contribution in [0.25, 0.3) is 16.8 Å². The van der Waals surface area contributed by atoms with Gasteiger partial charge in [-0.3, -0.25) is 0 Å². The normalized spacial score (nSPS) is 15.8. The topological polar surface area (TPSA) is 71.2 Å². The number of ether oxygens (including phenoxy) is 1. The summed E-state index contributed by atoms with van der Waals surface area (Å²) in [5.41, 5.74) is 2.70. The van der Waals surface area contributed by atoms with Gasteiger partial charge in [-0.25, -0.2) is 4.79 Å². The van der Waals surface area contributed by atoms with E-state index in [2.05, 4.69) is 10.2 Å². The first kappa shape index (κ1) is 16.0. The first-order valence-corrected chi connectivity index (χ1v) is 8.31. The van der Waals surface area contributed by atoms with Crippen molar-refractivity contribution in [2.45, 2.75) is 6.42 Å². The van der Waals surface area contributed by atoms with Crippen LogP contribution in [0.1, 0.15) is 12.0 Å². The highest BCUT2D eigenvalue weighted by Crippen LogP contribution is 2.36. The van der Waals surface area contributed by atoms with Crippen LogP contribution in [0.2, 0.25) is 0 Å². The molecule has 0 bridgehead atoms. The highest BCUT2D eigenvalue weighted by molar-refractivity contribution is 5.96. The molecule has 26 heavy (non-hydrogen) atoms. The fourth-order valence-electron chi connectivity index (χ4n) is 2.87. The average molecular weight is 344 g/mol. The van der Waals surface area contributed by atoms with E-state index in [1.54, 1.807) is 6.07 Å². The van der Waals surface area contributed by atoms with Gasteiger partial charge in [0.1, 0.15) is 11.4 Å². The molecular weight excluding hydrogens is 328 g/mol. The molecule has 0 unspecified atom stereocenters. The number of phenolic OH excluding ortho intramolecular Hbond substituents is 1. The van der Waals surface area contributed by atoms with Gasteiger partial charge < -0.3 is 9.84 Å². The minimum atomic E-state index is -0.250. The number of carbonyl (C=O) groups excluding carboxylic acids is 1. The summed E-state index contributed by atoms with van der Waals surface area (Å²) < 4.78 is 4.93. The maximum atomic E-state index is 11.5. The van der Waals surface area contributed by atoms with E-state index < -0.39 is 0 Å². The number of cyclic esters (lactones) is 1. The summed E-state index contributed by atoms with van der Waals surface area (Å²) in [6, 6.07) is 18.5. The van der Waals surface area contributed by atoms with Crippen molar-refractivity contribution in [3.63, 3.8) is 0 Å². The standard InChI is InChI=1S/C21H16N2O3/c24-19-10-7-15-3-1-2-4-18(15)20(19)23-22-17-8-5-14(6-9-17)13-16-11-12-26-21(16)25/h1-10,13,24H,11-12H2/b16-13+,23-22?. The SMILES string of the molecule is O=C1OCC/C1=C\c1ccc(N=Nc2c(O)ccc3ccccc23)cc1. The van der Waals surface area contributed by atoms with Crippen LogP contribution in [0.4, 0.5) is 11.4 Å². The third kappa shape index (κ3) is 3.19.